The number of aromatic nitrogens is 1. The van der Waals surface area contributed by atoms with Crippen molar-refractivity contribution in [3.63, 3.8) is 0 Å². The van der Waals surface area contributed by atoms with Crippen LogP contribution in [-0.4, -0.2) is 46.1 Å². The molecule has 1 aromatic heterocycles. The van der Waals surface area contributed by atoms with E-state index in [9.17, 15) is 8.42 Å². The van der Waals surface area contributed by atoms with Crippen LogP contribution in [0.2, 0.25) is 0 Å². The number of benzene rings is 1. The summed E-state index contributed by atoms with van der Waals surface area (Å²) in [5, 5.41) is 0. The van der Waals surface area contributed by atoms with Crippen LogP contribution in [0.5, 0.6) is 0 Å². The topological polar surface area (TPSA) is 90.7 Å². The molecular weight excluding hydrogens is 308 g/mol. The molecule has 0 radical (unpaired) electrons. The zero-order valence-electron chi connectivity index (χ0n) is 12.2. The smallest absolute Gasteiger partial charge is 0.235 e. The van der Waals surface area contributed by atoms with Gasteiger partial charge in [0.05, 0.1) is 43.0 Å². The molecule has 0 amide bonds. The van der Waals surface area contributed by atoms with Crippen LogP contribution < -0.4 is 4.72 Å². The van der Waals surface area contributed by atoms with Gasteiger partial charge in [-0.1, -0.05) is 12.1 Å². The maximum absolute atomic E-state index is 12.1. The van der Waals surface area contributed by atoms with E-state index in [1.54, 1.807) is 31.4 Å². The molecule has 0 aliphatic heterocycles. The second-order valence-electron chi connectivity index (χ2n) is 4.41. The number of anilines is 1. The van der Waals surface area contributed by atoms with E-state index in [1.807, 2.05) is 0 Å². The average Bonchev–Trinajstić information content (AvgIpc) is 3.01. The summed E-state index contributed by atoms with van der Waals surface area (Å²) in [6.45, 7) is 0.888. The van der Waals surface area contributed by atoms with Crippen LogP contribution in [-0.2, 0) is 19.5 Å². The minimum absolute atomic E-state index is 0.0971. The second kappa shape index (κ2) is 7.92. The lowest BCUT2D eigenvalue weighted by atomic mass is 10.2. The highest BCUT2D eigenvalue weighted by Crippen LogP contribution is 2.26. The third-order valence-electron chi connectivity index (χ3n) is 2.78. The first-order valence-electron chi connectivity index (χ1n) is 6.68. The molecule has 120 valence electrons. The van der Waals surface area contributed by atoms with Crippen molar-refractivity contribution in [2.45, 2.75) is 0 Å². The van der Waals surface area contributed by atoms with E-state index in [0.717, 1.165) is 0 Å². The third kappa shape index (κ3) is 4.83. The van der Waals surface area contributed by atoms with E-state index in [4.69, 9.17) is 13.9 Å². The summed E-state index contributed by atoms with van der Waals surface area (Å²) in [4.78, 5) is 4.03. The fourth-order valence-corrected chi connectivity index (χ4v) is 2.70. The zero-order chi connectivity index (χ0) is 15.8. The lowest BCUT2D eigenvalue weighted by Gasteiger charge is -2.11. The Kier molecular flexibility index (Phi) is 5.93. The number of nitrogens with one attached hydrogen (secondary N) is 1. The number of hydrogen-bond acceptors (Lipinski definition) is 6. The summed E-state index contributed by atoms with van der Waals surface area (Å²) in [5.74, 6) is 0.214. The molecule has 22 heavy (non-hydrogen) atoms. The second-order valence-corrected chi connectivity index (χ2v) is 6.25. The predicted octanol–water partition coefficient (Wildman–Crippen LogP) is 1.75. The number of oxazole rings is 1. The quantitative estimate of drug-likeness (QED) is 0.706. The summed E-state index contributed by atoms with van der Waals surface area (Å²) >= 11 is 0. The van der Waals surface area contributed by atoms with Crippen LogP contribution in [0, 0.1) is 0 Å². The molecule has 2 aromatic rings. The van der Waals surface area contributed by atoms with Crippen molar-refractivity contribution in [3.05, 3.63) is 36.7 Å². The van der Waals surface area contributed by atoms with Gasteiger partial charge in [0.15, 0.2) is 0 Å². The van der Waals surface area contributed by atoms with Gasteiger partial charge in [-0.25, -0.2) is 13.4 Å². The Morgan fingerprint density at radius 2 is 2.05 bits per heavy atom. The van der Waals surface area contributed by atoms with Crippen LogP contribution >= 0.6 is 0 Å². The summed E-state index contributed by atoms with van der Waals surface area (Å²) < 4.78 is 41.9. The van der Waals surface area contributed by atoms with Crippen LogP contribution in [0.3, 0.4) is 0 Å². The molecular formula is C14H18N2O5S. The van der Waals surface area contributed by atoms with E-state index in [0.29, 0.717) is 30.4 Å². The van der Waals surface area contributed by atoms with Crippen LogP contribution in [0.15, 0.2) is 41.1 Å². The summed E-state index contributed by atoms with van der Waals surface area (Å²) in [6.07, 6.45) is 2.94. The van der Waals surface area contributed by atoms with Gasteiger partial charge in [-0.2, -0.15) is 0 Å². The molecule has 1 N–H and O–H groups in total. The SMILES string of the molecule is COCCOCCS(=O)(=O)Nc1ccccc1-c1ncco1. The molecule has 0 saturated heterocycles. The first-order valence-corrected chi connectivity index (χ1v) is 8.33. The zero-order valence-corrected chi connectivity index (χ0v) is 13.0. The Hall–Kier alpha value is -1.90. The van der Waals surface area contributed by atoms with Gasteiger partial charge in [0.25, 0.3) is 0 Å². The van der Waals surface area contributed by atoms with Crippen molar-refractivity contribution in [1.82, 2.24) is 4.98 Å². The highest BCUT2D eigenvalue weighted by Gasteiger charge is 2.15. The number of sulfonamides is 1. The third-order valence-corrected chi connectivity index (χ3v) is 4.02. The van der Waals surface area contributed by atoms with Crippen molar-refractivity contribution >= 4 is 15.7 Å². The standard InChI is InChI=1S/C14H18N2O5S/c1-19-8-9-20-10-11-22(17,18)16-13-5-3-2-4-12(13)14-15-6-7-21-14/h2-7,16H,8-11H2,1H3. The molecule has 2 rings (SSSR count). The van der Waals surface area contributed by atoms with E-state index >= 15 is 0 Å². The van der Waals surface area contributed by atoms with E-state index in [2.05, 4.69) is 9.71 Å². The van der Waals surface area contributed by atoms with Crippen molar-refractivity contribution in [2.75, 3.05) is 37.4 Å². The van der Waals surface area contributed by atoms with E-state index in [-0.39, 0.29) is 12.4 Å². The van der Waals surface area contributed by atoms with E-state index in [1.165, 1.54) is 12.5 Å². The lowest BCUT2D eigenvalue weighted by Crippen LogP contribution is -2.21. The Labute approximate surface area is 129 Å². The molecule has 0 aliphatic rings. The molecule has 0 aliphatic carbocycles. The van der Waals surface area contributed by atoms with Gasteiger partial charge in [-0.15, -0.1) is 0 Å². The van der Waals surface area contributed by atoms with Gasteiger partial charge in [-0.05, 0) is 12.1 Å². The highest BCUT2D eigenvalue weighted by molar-refractivity contribution is 7.92. The Morgan fingerprint density at radius 1 is 1.23 bits per heavy atom. The largest absolute Gasteiger partial charge is 0.444 e. The lowest BCUT2D eigenvalue weighted by molar-refractivity contribution is 0.0785. The molecule has 0 fully saturated rings. The first-order chi connectivity index (χ1) is 10.6. The van der Waals surface area contributed by atoms with Crippen LogP contribution in [0.1, 0.15) is 0 Å². The van der Waals surface area contributed by atoms with Crippen molar-refractivity contribution in [2.24, 2.45) is 0 Å². The minimum atomic E-state index is -3.52. The predicted molar refractivity (Wildman–Crippen MR) is 82.0 cm³/mol. The Bertz CT molecular complexity index is 670. The number of nitrogens with zero attached hydrogens (tertiary/aromatic N) is 1. The fourth-order valence-electron chi connectivity index (χ4n) is 1.75. The maximum atomic E-state index is 12.1. The molecule has 0 saturated carbocycles. The van der Waals surface area contributed by atoms with Crippen molar-refractivity contribution in [1.29, 1.82) is 0 Å². The number of para-hydroxylation sites is 1. The fraction of sp³-hybridized carbons (Fsp3) is 0.357. The average molecular weight is 326 g/mol. The van der Waals surface area contributed by atoms with Crippen molar-refractivity contribution < 1.29 is 22.3 Å². The van der Waals surface area contributed by atoms with Gasteiger partial charge in [0.2, 0.25) is 15.9 Å². The number of rotatable bonds is 9. The minimum Gasteiger partial charge on any atom is -0.444 e. The molecule has 0 bridgehead atoms. The number of hydrogen-bond donors (Lipinski definition) is 1. The van der Waals surface area contributed by atoms with Gasteiger partial charge in [0.1, 0.15) is 6.26 Å². The molecule has 1 aromatic carbocycles. The summed E-state index contributed by atoms with van der Waals surface area (Å²) in [6, 6.07) is 6.91. The monoisotopic (exact) mass is 326 g/mol. The molecule has 0 unspecified atom stereocenters. The van der Waals surface area contributed by atoms with Gasteiger partial charge in [0, 0.05) is 7.11 Å². The highest BCUT2D eigenvalue weighted by atomic mass is 32.2. The summed E-state index contributed by atoms with van der Waals surface area (Å²) in [7, 11) is -1.96. The van der Waals surface area contributed by atoms with Crippen molar-refractivity contribution in [3.8, 4) is 11.5 Å². The Balaban J connectivity index is 2.01. The van der Waals surface area contributed by atoms with Gasteiger partial charge >= 0.3 is 0 Å². The molecule has 0 spiro atoms. The van der Waals surface area contributed by atoms with Gasteiger partial charge in [-0.3, -0.25) is 4.72 Å². The first kappa shape index (κ1) is 16.5. The maximum Gasteiger partial charge on any atom is 0.235 e. The van der Waals surface area contributed by atoms with Crippen LogP contribution in [0.4, 0.5) is 5.69 Å². The van der Waals surface area contributed by atoms with Gasteiger partial charge < -0.3 is 13.9 Å². The summed E-state index contributed by atoms with van der Waals surface area (Å²) in [5.41, 5.74) is 0.998. The molecule has 7 nitrogen and oxygen atoms in total. The Morgan fingerprint density at radius 3 is 2.77 bits per heavy atom. The molecule has 1 heterocycles. The molecule has 8 heteroatoms. The van der Waals surface area contributed by atoms with E-state index < -0.39 is 10.0 Å². The number of methoxy groups -OCH3 is 1. The van der Waals surface area contributed by atoms with Crippen LogP contribution in [0.25, 0.3) is 11.5 Å². The number of ether oxygens (including phenoxy) is 2. The normalized spacial score (nSPS) is 11.5. The molecule has 0 atom stereocenters.